The first kappa shape index (κ1) is 12.4. The van der Waals surface area contributed by atoms with Gasteiger partial charge in [-0.3, -0.25) is 0 Å². The van der Waals surface area contributed by atoms with Crippen molar-refractivity contribution in [3.63, 3.8) is 0 Å². The second-order valence-corrected chi connectivity index (χ2v) is 5.52. The van der Waals surface area contributed by atoms with E-state index in [-0.39, 0.29) is 0 Å². The summed E-state index contributed by atoms with van der Waals surface area (Å²) in [5.41, 5.74) is 0. The molecule has 2 rings (SSSR count). The van der Waals surface area contributed by atoms with Crippen LogP contribution in [0.5, 0.6) is 0 Å². The summed E-state index contributed by atoms with van der Waals surface area (Å²) in [5.74, 6) is 1.66. The SMILES string of the molecule is CCC1CCCCC1OCC1CCNCC1. The highest BCUT2D eigenvalue weighted by molar-refractivity contribution is 4.76. The van der Waals surface area contributed by atoms with E-state index in [1.54, 1.807) is 0 Å². The number of hydrogen-bond acceptors (Lipinski definition) is 2. The molecule has 1 aliphatic heterocycles. The maximum absolute atomic E-state index is 6.20. The molecule has 16 heavy (non-hydrogen) atoms. The molecule has 2 unspecified atom stereocenters. The van der Waals surface area contributed by atoms with Gasteiger partial charge in [0.25, 0.3) is 0 Å². The van der Waals surface area contributed by atoms with E-state index < -0.39 is 0 Å². The first-order chi connectivity index (χ1) is 7.90. The Labute approximate surface area is 100 Å². The van der Waals surface area contributed by atoms with Crippen molar-refractivity contribution in [2.45, 2.75) is 58.0 Å². The van der Waals surface area contributed by atoms with E-state index in [9.17, 15) is 0 Å². The fourth-order valence-corrected chi connectivity index (χ4v) is 3.17. The zero-order valence-corrected chi connectivity index (χ0v) is 10.7. The van der Waals surface area contributed by atoms with E-state index in [2.05, 4.69) is 12.2 Å². The highest BCUT2D eigenvalue weighted by Crippen LogP contribution is 2.29. The Balaban J connectivity index is 1.70. The van der Waals surface area contributed by atoms with Crippen molar-refractivity contribution in [1.82, 2.24) is 5.32 Å². The molecule has 2 heteroatoms. The molecule has 0 aromatic carbocycles. The summed E-state index contributed by atoms with van der Waals surface area (Å²) in [7, 11) is 0. The minimum Gasteiger partial charge on any atom is -0.378 e. The molecule has 1 aliphatic carbocycles. The van der Waals surface area contributed by atoms with E-state index in [4.69, 9.17) is 4.74 Å². The molecule has 2 aliphatic rings. The summed E-state index contributed by atoms with van der Waals surface area (Å²) in [6.07, 6.45) is 10.0. The molecule has 1 saturated carbocycles. The van der Waals surface area contributed by atoms with Crippen LogP contribution < -0.4 is 5.32 Å². The minimum atomic E-state index is 0.577. The molecule has 0 bridgehead atoms. The summed E-state index contributed by atoms with van der Waals surface area (Å²) in [4.78, 5) is 0. The van der Waals surface area contributed by atoms with Crippen LogP contribution >= 0.6 is 0 Å². The van der Waals surface area contributed by atoms with Crippen LogP contribution in [0.2, 0.25) is 0 Å². The third-order valence-corrected chi connectivity index (χ3v) is 4.37. The standard InChI is InChI=1S/C14H27NO/c1-2-13-5-3-4-6-14(13)16-11-12-7-9-15-10-8-12/h12-15H,2-11H2,1H3. The van der Waals surface area contributed by atoms with Crippen LogP contribution in [0, 0.1) is 11.8 Å². The van der Waals surface area contributed by atoms with Gasteiger partial charge >= 0.3 is 0 Å². The zero-order valence-electron chi connectivity index (χ0n) is 10.7. The van der Waals surface area contributed by atoms with Crippen molar-refractivity contribution < 1.29 is 4.74 Å². The van der Waals surface area contributed by atoms with Gasteiger partial charge < -0.3 is 10.1 Å². The molecular weight excluding hydrogens is 198 g/mol. The van der Waals surface area contributed by atoms with Crippen LogP contribution in [0.15, 0.2) is 0 Å². The normalized spacial score (nSPS) is 32.8. The number of piperidine rings is 1. The molecular formula is C14H27NO. The summed E-state index contributed by atoms with van der Waals surface area (Å²) in [6.45, 7) is 5.71. The highest BCUT2D eigenvalue weighted by atomic mass is 16.5. The Morgan fingerprint density at radius 2 is 1.81 bits per heavy atom. The van der Waals surface area contributed by atoms with Crippen LogP contribution in [0.3, 0.4) is 0 Å². The van der Waals surface area contributed by atoms with Gasteiger partial charge in [0.2, 0.25) is 0 Å². The lowest BCUT2D eigenvalue weighted by Gasteiger charge is -2.33. The first-order valence-electron chi connectivity index (χ1n) is 7.22. The molecule has 0 aromatic rings. The minimum absolute atomic E-state index is 0.577. The third-order valence-electron chi connectivity index (χ3n) is 4.37. The van der Waals surface area contributed by atoms with Gasteiger partial charge in [-0.25, -0.2) is 0 Å². The van der Waals surface area contributed by atoms with E-state index in [0.717, 1.165) is 18.4 Å². The fourth-order valence-electron chi connectivity index (χ4n) is 3.17. The molecule has 0 spiro atoms. The Bertz CT molecular complexity index is 189. The maximum Gasteiger partial charge on any atom is 0.0603 e. The lowest BCUT2D eigenvalue weighted by Crippen LogP contribution is -2.33. The molecule has 2 atom stereocenters. The highest BCUT2D eigenvalue weighted by Gasteiger charge is 2.25. The molecule has 0 aromatic heterocycles. The van der Waals surface area contributed by atoms with Gasteiger partial charge in [-0.05, 0) is 50.6 Å². The van der Waals surface area contributed by atoms with Crippen LogP contribution in [0.1, 0.15) is 51.9 Å². The van der Waals surface area contributed by atoms with Gasteiger partial charge in [0.15, 0.2) is 0 Å². The van der Waals surface area contributed by atoms with Gasteiger partial charge in [-0.15, -0.1) is 0 Å². The largest absolute Gasteiger partial charge is 0.378 e. The average Bonchev–Trinajstić information content (AvgIpc) is 2.38. The first-order valence-corrected chi connectivity index (χ1v) is 7.22. The quantitative estimate of drug-likeness (QED) is 0.794. The molecule has 1 saturated heterocycles. The maximum atomic E-state index is 6.20. The second-order valence-electron chi connectivity index (χ2n) is 5.52. The monoisotopic (exact) mass is 225 g/mol. The van der Waals surface area contributed by atoms with E-state index >= 15 is 0 Å². The smallest absolute Gasteiger partial charge is 0.0603 e. The summed E-state index contributed by atoms with van der Waals surface area (Å²) in [5, 5.41) is 3.42. The number of hydrogen-bond donors (Lipinski definition) is 1. The van der Waals surface area contributed by atoms with Crippen molar-refractivity contribution in [2.75, 3.05) is 19.7 Å². The van der Waals surface area contributed by atoms with Gasteiger partial charge in [0, 0.05) is 6.61 Å². The van der Waals surface area contributed by atoms with Crippen molar-refractivity contribution >= 4 is 0 Å². The molecule has 0 amide bonds. The van der Waals surface area contributed by atoms with Crippen LogP contribution in [0.25, 0.3) is 0 Å². The van der Waals surface area contributed by atoms with Gasteiger partial charge in [0.05, 0.1) is 6.10 Å². The Morgan fingerprint density at radius 1 is 1.06 bits per heavy atom. The Morgan fingerprint density at radius 3 is 2.56 bits per heavy atom. The molecule has 94 valence electrons. The van der Waals surface area contributed by atoms with Gasteiger partial charge in [0.1, 0.15) is 0 Å². The van der Waals surface area contributed by atoms with Gasteiger partial charge in [-0.2, -0.15) is 0 Å². The van der Waals surface area contributed by atoms with Gasteiger partial charge in [-0.1, -0.05) is 26.2 Å². The fraction of sp³-hybridized carbons (Fsp3) is 1.00. The molecule has 1 N–H and O–H groups in total. The van der Waals surface area contributed by atoms with E-state index in [1.165, 1.54) is 58.0 Å². The molecule has 0 radical (unpaired) electrons. The van der Waals surface area contributed by atoms with Crippen LogP contribution in [0.4, 0.5) is 0 Å². The van der Waals surface area contributed by atoms with Crippen molar-refractivity contribution in [2.24, 2.45) is 11.8 Å². The van der Waals surface area contributed by atoms with Crippen molar-refractivity contribution in [1.29, 1.82) is 0 Å². The predicted molar refractivity (Wildman–Crippen MR) is 67.6 cm³/mol. The number of nitrogens with one attached hydrogen (secondary N) is 1. The average molecular weight is 225 g/mol. The summed E-state index contributed by atoms with van der Waals surface area (Å²) >= 11 is 0. The van der Waals surface area contributed by atoms with Crippen LogP contribution in [-0.4, -0.2) is 25.8 Å². The van der Waals surface area contributed by atoms with Crippen molar-refractivity contribution in [3.8, 4) is 0 Å². The number of ether oxygens (including phenoxy) is 1. The predicted octanol–water partition coefficient (Wildman–Crippen LogP) is 2.97. The van der Waals surface area contributed by atoms with Crippen LogP contribution in [-0.2, 0) is 4.74 Å². The van der Waals surface area contributed by atoms with E-state index in [0.29, 0.717) is 6.10 Å². The third kappa shape index (κ3) is 3.46. The summed E-state index contributed by atoms with van der Waals surface area (Å²) in [6, 6.07) is 0. The lowest BCUT2D eigenvalue weighted by atomic mass is 9.84. The molecule has 2 nitrogen and oxygen atoms in total. The van der Waals surface area contributed by atoms with E-state index in [1.807, 2.05) is 0 Å². The Kier molecular flexibility index (Phi) is 5.11. The molecule has 2 fully saturated rings. The summed E-state index contributed by atoms with van der Waals surface area (Å²) < 4.78 is 6.20. The lowest BCUT2D eigenvalue weighted by molar-refractivity contribution is -0.0317. The molecule has 1 heterocycles. The van der Waals surface area contributed by atoms with Crippen molar-refractivity contribution in [3.05, 3.63) is 0 Å². The second kappa shape index (κ2) is 6.61. The zero-order chi connectivity index (χ0) is 11.2. The topological polar surface area (TPSA) is 21.3 Å². The Hall–Kier alpha value is -0.0800. The number of rotatable bonds is 4.